The number of aromatic amines is 1. The number of fused-ring (bicyclic) bond motifs is 1. The van der Waals surface area contributed by atoms with Gasteiger partial charge in [0, 0.05) is 5.56 Å². The highest BCUT2D eigenvalue weighted by Crippen LogP contribution is 2.20. The van der Waals surface area contributed by atoms with Crippen LogP contribution in [-0.4, -0.2) is 24.4 Å². The van der Waals surface area contributed by atoms with Crippen LogP contribution in [0.15, 0.2) is 41.6 Å². The van der Waals surface area contributed by atoms with E-state index in [0.29, 0.717) is 10.7 Å². The van der Waals surface area contributed by atoms with Crippen LogP contribution in [0, 0.1) is 11.7 Å². The molecule has 1 N–H and O–H groups in total. The second kappa shape index (κ2) is 4.63. The van der Waals surface area contributed by atoms with Crippen LogP contribution in [0.4, 0.5) is 0 Å². The minimum absolute atomic E-state index is 0.602. The number of hydrogen-bond donors (Lipinski definition) is 1. The summed E-state index contributed by atoms with van der Waals surface area (Å²) < 4.78 is 11.4. The van der Waals surface area contributed by atoms with E-state index in [1.54, 1.807) is 24.5 Å². The van der Waals surface area contributed by atoms with Gasteiger partial charge in [-0.25, -0.2) is 9.19 Å². The fourth-order valence-electron chi connectivity index (χ4n) is 1.72. The highest BCUT2D eigenvalue weighted by molar-refractivity contribution is 7.89. The van der Waals surface area contributed by atoms with Crippen molar-refractivity contribution in [1.82, 2.24) is 20.2 Å². The van der Waals surface area contributed by atoms with Crippen molar-refractivity contribution in [2.24, 2.45) is 0 Å². The van der Waals surface area contributed by atoms with Crippen molar-refractivity contribution in [3.63, 3.8) is 0 Å². The molecule has 0 aliphatic rings. The highest BCUT2D eigenvalue weighted by atomic mass is 32.2. The van der Waals surface area contributed by atoms with E-state index in [4.69, 9.17) is 6.42 Å². The van der Waals surface area contributed by atoms with Crippen LogP contribution in [-0.2, 0) is 10.8 Å². The number of hydrogen-bond acceptors (Lipinski definition) is 4. The molecule has 0 aliphatic heterocycles. The van der Waals surface area contributed by atoms with Gasteiger partial charge in [-0.1, -0.05) is 12.1 Å². The molecule has 92 valence electrons. The predicted octanol–water partition coefficient (Wildman–Crippen LogP) is 1.72. The standard InChI is InChI=1S/C13H8N4OS/c1-2-19(18)10-5-3-9(4-6-10)13-16-11-7-14-15-8-12(11)17-13/h1,3-8H,(H,16,17). The smallest absolute Gasteiger partial charge is 0.138 e. The summed E-state index contributed by atoms with van der Waals surface area (Å²) in [4.78, 5) is 8.15. The molecule has 5 nitrogen and oxygen atoms in total. The van der Waals surface area contributed by atoms with E-state index < -0.39 is 10.8 Å². The molecule has 3 rings (SSSR count). The SMILES string of the molecule is C#CS(=O)c1ccc(-c2nc3cnncc3[nH]2)cc1. The lowest BCUT2D eigenvalue weighted by atomic mass is 10.2. The van der Waals surface area contributed by atoms with Gasteiger partial charge in [0.25, 0.3) is 0 Å². The van der Waals surface area contributed by atoms with E-state index in [-0.39, 0.29) is 0 Å². The van der Waals surface area contributed by atoms with Gasteiger partial charge in [-0.2, -0.15) is 10.2 Å². The molecule has 1 unspecified atom stereocenters. The summed E-state index contributed by atoms with van der Waals surface area (Å²) in [6.07, 6.45) is 8.33. The summed E-state index contributed by atoms with van der Waals surface area (Å²) >= 11 is 0. The predicted molar refractivity (Wildman–Crippen MR) is 72.4 cm³/mol. The van der Waals surface area contributed by atoms with E-state index in [1.165, 1.54) is 0 Å². The molecule has 19 heavy (non-hydrogen) atoms. The van der Waals surface area contributed by atoms with Crippen LogP contribution in [0.2, 0.25) is 0 Å². The maximum absolute atomic E-state index is 11.4. The molecule has 0 bridgehead atoms. The monoisotopic (exact) mass is 268 g/mol. The number of terminal acetylenes is 1. The van der Waals surface area contributed by atoms with Gasteiger partial charge in [-0.05, 0) is 17.4 Å². The Morgan fingerprint density at radius 3 is 2.58 bits per heavy atom. The maximum atomic E-state index is 11.4. The van der Waals surface area contributed by atoms with E-state index in [0.717, 1.165) is 16.6 Å². The Balaban J connectivity index is 2.02. The zero-order chi connectivity index (χ0) is 13.2. The van der Waals surface area contributed by atoms with Gasteiger partial charge in [-0.15, -0.1) is 6.42 Å². The summed E-state index contributed by atoms with van der Waals surface area (Å²) in [5.74, 6) is 0.711. The summed E-state index contributed by atoms with van der Waals surface area (Å²) in [7, 11) is -1.39. The number of imidazole rings is 1. The van der Waals surface area contributed by atoms with Crippen molar-refractivity contribution in [1.29, 1.82) is 0 Å². The van der Waals surface area contributed by atoms with Crippen molar-refractivity contribution in [3.05, 3.63) is 36.7 Å². The van der Waals surface area contributed by atoms with Crippen LogP contribution in [0.25, 0.3) is 22.4 Å². The molecule has 1 atom stereocenters. The van der Waals surface area contributed by atoms with E-state index in [1.807, 2.05) is 12.1 Å². The lowest BCUT2D eigenvalue weighted by Crippen LogP contribution is -1.87. The number of aromatic nitrogens is 4. The topological polar surface area (TPSA) is 71.5 Å². The maximum Gasteiger partial charge on any atom is 0.138 e. The normalized spacial score (nSPS) is 12.2. The Labute approximate surface area is 111 Å². The molecule has 0 aliphatic carbocycles. The van der Waals surface area contributed by atoms with Crippen molar-refractivity contribution in [2.45, 2.75) is 4.90 Å². The molecule has 3 aromatic rings. The number of nitrogens with one attached hydrogen (secondary N) is 1. The lowest BCUT2D eigenvalue weighted by molar-refractivity contribution is 0.689. The van der Waals surface area contributed by atoms with Crippen LogP contribution in [0.3, 0.4) is 0 Å². The van der Waals surface area contributed by atoms with Crippen molar-refractivity contribution in [2.75, 3.05) is 0 Å². The van der Waals surface area contributed by atoms with Gasteiger partial charge in [0.2, 0.25) is 0 Å². The van der Waals surface area contributed by atoms with Gasteiger partial charge in [0.1, 0.15) is 22.1 Å². The molecular formula is C13H8N4OS. The Bertz CT molecular complexity index is 768. The highest BCUT2D eigenvalue weighted by Gasteiger charge is 2.06. The van der Waals surface area contributed by atoms with E-state index in [2.05, 4.69) is 25.4 Å². The second-order valence-corrected chi connectivity index (χ2v) is 5.03. The van der Waals surface area contributed by atoms with E-state index in [9.17, 15) is 4.21 Å². The molecule has 0 saturated carbocycles. The van der Waals surface area contributed by atoms with Gasteiger partial charge >= 0.3 is 0 Å². The Morgan fingerprint density at radius 1 is 1.16 bits per heavy atom. The first kappa shape index (κ1) is 11.6. The van der Waals surface area contributed by atoms with Gasteiger partial charge in [0.05, 0.1) is 22.8 Å². The van der Waals surface area contributed by atoms with Crippen LogP contribution >= 0.6 is 0 Å². The zero-order valence-corrected chi connectivity index (χ0v) is 10.5. The van der Waals surface area contributed by atoms with Gasteiger partial charge in [-0.3, -0.25) is 0 Å². The minimum atomic E-state index is -1.39. The molecule has 2 heterocycles. The quantitative estimate of drug-likeness (QED) is 0.718. The molecule has 2 aromatic heterocycles. The minimum Gasteiger partial charge on any atom is -0.337 e. The Kier molecular flexibility index (Phi) is 2.82. The largest absolute Gasteiger partial charge is 0.337 e. The number of benzene rings is 1. The lowest BCUT2D eigenvalue weighted by Gasteiger charge is -1.98. The van der Waals surface area contributed by atoms with Crippen LogP contribution in [0.5, 0.6) is 0 Å². The number of rotatable bonds is 2. The summed E-state index contributed by atoms with van der Waals surface area (Å²) in [5, 5.41) is 9.75. The first-order chi connectivity index (χ1) is 9.28. The van der Waals surface area contributed by atoms with Crippen LogP contribution in [0.1, 0.15) is 0 Å². The fraction of sp³-hybridized carbons (Fsp3) is 0. The van der Waals surface area contributed by atoms with Crippen molar-refractivity contribution < 1.29 is 4.21 Å². The summed E-state index contributed by atoms with van der Waals surface area (Å²) in [6.45, 7) is 0. The molecule has 0 saturated heterocycles. The van der Waals surface area contributed by atoms with Crippen molar-refractivity contribution in [3.8, 4) is 23.1 Å². The summed E-state index contributed by atoms with van der Waals surface area (Å²) in [5.41, 5.74) is 2.46. The Morgan fingerprint density at radius 2 is 1.89 bits per heavy atom. The molecule has 0 fully saturated rings. The summed E-state index contributed by atoms with van der Waals surface area (Å²) in [6, 6.07) is 7.11. The number of H-pyrrole nitrogens is 1. The molecular weight excluding hydrogens is 260 g/mol. The second-order valence-electron chi connectivity index (χ2n) is 3.78. The third-order valence-corrected chi connectivity index (χ3v) is 3.56. The Hall–Kier alpha value is -2.52. The van der Waals surface area contributed by atoms with Crippen LogP contribution < -0.4 is 0 Å². The first-order valence-corrected chi connectivity index (χ1v) is 6.58. The van der Waals surface area contributed by atoms with Gasteiger partial charge in [0.15, 0.2) is 0 Å². The number of nitrogens with zero attached hydrogens (tertiary/aromatic N) is 3. The molecule has 6 heteroatoms. The molecule has 0 amide bonds. The molecule has 0 spiro atoms. The van der Waals surface area contributed by atoms with Crippen molar-refractivity contribution >= 4 is 21.8 Å². The fourth-order valence-corrected chi connectivity index (χ4v) is 2.24. The molecule has 0 radical (unpaired) electrons. The first-order valence-electron chi connectivity index (χ1n) is 5.43. The average molecular weight is 268 g/mol. The molecule has 1 aromatic carbocycles. The van der Waals surface area contributed by atoms with Gasteiger partial charge < -0.3 is 4.98 Å². The zero-order valence-electron chi connectivity index (χ0n) is 9.70. The van der Waals surface area contributed by atoms with E-state index >= 15 is 0 Å². The average Bonchev–Trinajstić information content (AvgIpc) is 2.90. The third-order valence-electron chi connectivity index (χ3n) is 2.64. The third kappa shape index (κ3) is 2.11.